The van der Waals surface area contributed by atoms with Gasteiger partial charge in [0.2, 0.25) is 0 Å². The average Bonchev–Trinajstić information content (AvgIpc) is 2.37. The van der Waals surface area contributed by atoms with Gasteiger partial charge >= 0.3 is 0 Å². The van der Waals surface area contributed by atoms with E-state index in [1.165, 1.54) is 6.07 Å². The highest BCUT2D eigenvalue weighted by Gasteiger charge is 2.07. The van der Waals surface area contributed by atoms with Gasteiger partial charge in [-0.05, 0) is 24.3 Å². The molecule has 0 radical (unpaired) electrons. The molecule has 0 aliphatic heterocycles. The zero-order valence-corrected chi connectivity index (χ0v) is 11.9. The lowest BCUT2D eigenvalue weighted by Gasteiger charge is -2.12. The standard InChI is InChI=1S/C13H10Cl3NO2/c14-8-5-10(16)13(18)11(6-8)17-7-19-12-4-2-1-3-9(12)15/h1-6,17-18H,7H2. The number of benzene rings is 2. The summed E-state index contributed by atoms with van der Waals surface area (Å²) in [6, 6.07) is 10.1. The first-order valence-electron chi connectivity index (χ1n) is 5.37. The minimum absolute atomic E-state index is 0.0752. The molecule has 3 nitrogen and oxygen atoms in total. The fourth-order valence-electron chi connectivity index (χ4n) is 1.45. The average molecular weight is 319 g/mol. The Bertz CT molecular complexity index is 590. The van der Waals surface area contributed by atoms with Crippen LogP contribution in [0.2, 0.25) is 15.1 Å². The number of hydrogen-bond donors (Lipinski definition) is 2. The molecule has 0 amide bonds. The highest BCUT2D eigenvalue weighted by atomic mass is 35.5. The highest BCUT2D eigenvalue weighted by Crippen LogP contribution is 2.35. The zero-order valence-electron chi connectivity index (χ0n) is 9.66. The number of halogens is 3. The molecule has 0 spiro atoms. The summed E-state index contributed by atoms with van der Waals surface area (Å²) in [5.74, 6) is 0.470. The second kappa shape index (κ2) is 6.24. The predicted molar refractivity (Wildman–Crippen MR) is 78.7 cm³/mol. The van der Waals surface area contributed by atoms with Crippen LogP contribution in [-0.4, -0.2) is 11.8 Å². The smallest absolute Gasteiger partial charge is 0.159 e. The van der Waals surface area contributed by atoms with Crippen molar-refractivity contribution in [3.05, 3.63) is 51.5 Å². The third-order valence-corrected chi connectivity index (χ3v) is 3.17. The van der Waals surface area contributed by atoms with Crippen molar-refractivity contribution in [2.45, 2.75) is 0 Å². The Morgan fingerprint density at radius 3 is 2.53 bits per heavy atom. The van der Waals surface area contributed by atoms with E-state index in [0.717, 1.165) is 0 Å². The van der Waals surface area contributed by atoms with Crippen LogP contribution in [-0.2, 0) is 0 Å². The second-order valence-corrected chi connectivity index (χ2v) is 4.93. The van der Waals surface area contributed by atoms with Gasteiger partial charge < -0.3 is 15.2 Å². The van der Waals surface area contributed by atoms with Crippen LogP contribution in [0.4, 0.5) is 5.69 Å². The number of rotatable bonds is 4. The summed E-state index contributed by atoms with van der Waals surface area (Å²) in [5, 5.41) is 13.7. The number of para-hydroxylation sites is 1. The molecule has 0 aliphatic carbocycles. The number of anilines is 1. The van der Waals surface area contributed by atoms with Gasteiger partial charge in [0.25, 0.3) is 0 Å². The van der Waals surface area contributed by atoms with E-state index in [9.17, 15) is 5.11 Å². The Balaban J connectivity index is 2.02. The third kappa shape index (κ3) is 3.60. The molecule has 6 heteroatoms. The molecule has 19 heavy (non-hydrogen) atoms. The maximum Gasteiger partial charge on any atom is 0.159 e. The van der Waals surface area contributed by atoms with Crippen molar-refractivity contribution in [1.82, 2.24) is 0 Å². The van der Waals surface area contributed by atoms with E-state index in [0.29, 0.717) is 21.5 Å². The molecule has 0 bridgehead atoms. The quantitative estimate of drug-likeness (QED) is 0.628. The minimum atomic E-state index is -0.0752. The van der Waals surface area contributed by atoms with E-state index in [-0.39, 0.29) is 17.5 Å². The van der Waals surface area contributed by atoms with Crippen molar-refractivity contribution in [2.75, 3.05) is 12.0 Å². The number of aromatic hydroxyl groups is 1. The molecule has 0 unspecified atom stereocenters. The van der Waals surface area contributed by atoms with Crippen LogP contribution >= 0.6 is 34.8 Å². The molecule has 0 aliphatic rings. The summed E-state index contributed by atoms with van der Waals surface area (Å²) in [6.07, 6.45) is 0. The summed E-state index contributed by atoms with van der Waals surface area (Å²) in [6.45, 7) is 0.119. The van der Waals surface area contributed by atoms with E-state index in [1.807, 2.05) is 12.1 Å². The number of nitrogens with one attached hydrogen (secondary N) is 1. The highest BCUT2D eigenvalue weighted by molar-refractivity contribution is 6.36. The van der Waals surface area contributed by atoms with Crippen molar-refractivity contribution in [3.63, 3.8) is 0 Å². The van der Waals surface area contributed by atoms with E-state index in [4.69, 9.17) is 39.5 Å². The van der Waals surface area contributed by atoms with Gasteiger partial charge in [0.15, 0.2) is 12.5 Å². The predicted octanol–water partition coefficient (Wildman–Crippen LogP) is 4.80. The van der Waals surface area contributed by atoms with Crippen LogP contribution in [0.25, 0.3) is 0 Å². The third-order valence-electron chi connectivity index (χ3n) is 2.36. The van der Waals surface area contributed by atoms with Gasteiger partial charge in [-0.15, -0.1) is 0 Å². The molecule has 0 aromatic heterocycles. The summed E-state index contributed by atoms with van der Waals surface area (Å²) >= 11 is 17.6. The molecular weight excluding hydrogens is 309 g/mol. The molecule has 0 atom stereocenters. The molecule has 2 rings (SSSR count). The maximum atomic E-state index is 9.74. The lowest BCUT2D eigenvalue weighted by Crippen LogP contribution is -2.09. The molecule has 2 N–H and O–H groups in total. The van der Waals surface area contributed by atoms with Crippen molar-refractivity contribution in [1.29, 1.82) is 0 Å². The molecule has 100 valence electrons. The van der Waals surface area contributed by atoms with Crippen LogP contribution in [0.3, 0.4) is 0 Å². The monoisotopic (exact) mass is 317 g/mol. The van der Waals surface area contributed by atoms with Gasteiger partial charge in [0, 0.05) is 5.02 Å². The van der Waals surface area contributed by atoms with Gasteiger partial charge in [0.05, 0.1) is 15.7 Å². The fraction of sp³-hybridized carbons (Fsp3) is 0.0769. The van der Waals surface area contributed by atoms with Gasteiger partial charge in [-0.25, -0.2) is 0 Å². The van der Waals surface area contributed by atoms with Crippen LogP contribution in [0.5, 0.6) is 11.5 Å². The van der Waals surface area contributed by atoms with Crippen LogP contribution < -0.4 is 10.1 Å². The molecular formula is C13H10Cl3NO2. The molecule has 0 fully saturated rings. The van der Waals surface area contributed by atoms with Gasteiger partial charge in [-0.3, -0.25) is 0 Å². The molecule has 0 heterocycles. The molecule has 0 saturated heterocycles. The van der Waals surface area contributed by atoms with E-state index in [1.54, 1.807) is 18.2 Å². The normalized spacial score (nSPS) is 10.3. The lowest BCUT2D eigenvalue weighted by molar-refractivity contribution is 0.346. The van der Waals surface area contributed by atoms with Gasteiger partial charge in [0.1, 0.15) is 5.75 Å². The SMILES string of the molecule is Oc1c(Cl)cc(Cl)cc1NCOc1ccccc1Cl. The van der Waals surface area contributed by atoms with Crippen molar-refractivity contribution in [3.8, 4) is 11.5 Å². The Labute approximate surface area is 125 Å². The Hall–Kier alpha value is -1.29. The van der Waals surface area contributed by atoms with E-state index < -0.39 is 0 Å². The topological polar surface area (TPSA) is 41.5 Å². The molecule has 2 aromatic rings. The Kier molecular flexibility index (Phi) is 4.64. The number of phenols is 1. The Morgan fingerprint density at radius 2 is 1.79 bits per heavy atom. The second-order valence-electron chi connectivity index (χ2n) is 3.68. The molecule has 2 aromatic carbocycles. The van der Waals surface area contributed by atoms with E-state index in [2.05, 4.69) is 5.32 Å². The summed E-state index contributed by atoms with van der Waals surface area (Å²) in [5.41, 5.74) is 0.393. The summed E-state index contributed by atoms with van der Waals surface area (Å²) in [4.78, 5) is 0. The van der Waals surface area contributed by atoms with Crippen molar-refractivity contribution in [2.24, 2.45) is 0 Å². The summed E-state index contributed by atoms with van der Waals surface area (Å²) < 4.78 is 5.44. The first-order valence-corrected chi connectivity index (χ1v) is 6.50. The number of phenolic OH excluding ortho intramolecular Hbond substituents is 1. The Morgan fingerprint density at radius 1 is 1.05 bits per heavy atom. The van der Waals surface area contributed by atoms with Crippen LogP contribution in [0, 0.1) is 0 Å². The van der Waals surface area contributed by atoms with E-state index >= 15 is 0 Å². The lowest BCUT2D eigenvalue weighted by atomic mass is 10.3. The van der Waals surface area contributed by atoms with Gasteiger partial charge in [-0.1, -0.05) is 46.9 Å². The number of ether oxygens (including phenoxy) is 1. The number of hydrogen-bond acceptors (Lipinski definition) is 3. The summed E-state index contributed by atoms with van der Waals surface area (Å²) in [7, 11) is 0. The first kappa shape index (κ1) is 14.1. The van der Waals surface area contributed by atoms with Crippen LogP contribution in [0.15, 0.2) is 36.4 Å². The van der Waals surface area contributed by atoms with Crippen molar-refractivity contribution < 1.29 is 9.84 Å². The minimum Gasteiger partial charge on any atom is -0.504 e. The molecule has 0 saturated carbocycles. The van der Waals surface area contributed by atoms with Crippen molar-refractivity contribution >= 4 is 40.5 Å². The van der Waals surface area contributed by atoms with Crippen LogP contribution in [0.1, 0.15) is 0 Å². The van der Waals surface area contributed by atoms with Gasteiger partial charge in [-0.2, -0.15) is 0 Å². The zero-order chi connectivity index (χ0) is 13.8. The maximum absolute atomic E-state index is 9.74. The first-order chi connectivity index (χ1) is 9.08. The fourth-order valence-corrected chi connectivity index (χ4v) is 2.14. The largest absolute Gasteiger partial charge is 0.504 e.